The van der Waals surface area contributed by atoms with Crippen molar-refractivity contribution < 1.29 is 0 Å². The number of aryl methyl sites for hydroxylation is 2. The Labute approximate surface area is 110 Å². The van der Waals surface area contributed by atoms with Crippen molar-refractivity contribution in [1.82, 2.24) is 9.97 Å². The maximum atomic E-state index is 12.0. The molecule has 1 aromatic carbocycles. The van der Waals surface area contributed by atoms with Crippen LogP contribution in [0.25, 0.3) is 11.4 Å². The standard InChI is InChI=1S/C14H13ClN2O/c1-8-7-9(15)5-6-10(8)13-16-12-4-2-3-11(12)14(18)17-13/h5-7H,2-4H2,1H3,(H,16,17,18). The molecule has 92 valence electrons. The number of hydrogen-bond donors (Lipinski definition) is 1. The second kappa shape index (κ2) is 4.25. The quantitative estimate of drug-likeness (QED) is 0.857. The van der Waals surface area contributed by atoms with E-state index in [-0.39, 0.29) is 5.56 Å². The molecule has 1 aromatic heterocycles. The first kappa shape index (κ1) is 11.5. The molecule has 0 bridgehead atoms. The summed E-state index contributed by atoms with van der Waals surface area (Å²) in [6.45, 7) is 1.97. The fraction of sp³-hybridized carbons (Fsp3) is 0.286. The van der Waals surface area contributed by atoms with Gasteiger partial charge >= 0.3 is 0 Å². The summed E-state index contributed by atoms with van der Waals surface area (Å²) in [6.07, 6.45) is 2.77. The third-order valence-corrected chi connectivity index (χ3v) is 3.62. The van der Waals surface area contributed by atoms with Gasteiger partial charge in [0.05, 0.1) is 5.69 Å². The van der Waals surface area contributed by atoms with E-state index in [0.29, 0.717) is 10.8 Å². The van der Waals surface area contributed by atoms with Crippen LogP contribution in [0.5, 0.6) is 0 Å². The van der Waals surface area contributed by atoms with E-state index in [2.05, 4.69) is 9.97 Å². The minimum Gasteiger partial charge on any atom is -0.306 e. The molecule has 4 heteroatoms. The number of H-pyrrole nitrogens is 1. The number of benzene rings is 1. The summed E-state index contributed by atoms with van der Waals surface area (Å²) in [5, 5.41) is 0.694. The number of halogens is 1. The number of aromatic amines is 1. The van der Waals surface area contributed by atoms with Gasteiger partial charge in [0.15, 0.2) is 0 Å². The average molecular weight is 261 g/mol. The molecule has 0 fully saturated rings. The van der Waals surface area contributed by atoms with Crippen molar-refractivity contribution >= 4 is 11.6 Å². The second-order valence-electron chi connectivity index (χ2n) is 4.65. The SMILES string of the molecule is Cc1cc(Cl)ccc1-c1nc2c(c(=O)[nH]1)CCC2. The summed E-state index contributed by atoms with van der Waals surface area (Å²) >= 11 is 5.94. The highest BCUT2D eigenvalue weighted by atomic mass is 35.5. The van der Waals surface area contributed by atoms with Crippen molar-refractivity contribution in [2.45, 2.75) is 26.2 Å². The molecule has 1 aliphatic carbocycles. The zero-order valence-corrected chi connectivity index (χ0v) is 10.8. The lowest BCUT2D eigenvalue weighted by Gasteiger charge is -2.07. The van der Waals surface area contributed by atoms with E-state index >= 15 is 0 Å². The molecule has 0 spiro atoms. The minimum atomic E-state index is 0.00171. The highest BCUT2D eigenvalue weighted by Crippen LogP contribution is 2.24. The first-order valence-corrected chi connectivity index (χ1v) is 6.41. The molecule has 0 radical (unpaired) electrons. The van der Waals surface area contributed by atoms with Gasteiger partial charge in [0, 0.05) is 16.1 Å². The fourth-order valence-electron chi connectivity index (χ4n) is 2.46. The molecule has 0 amide bonds. The van der Waals surface area contributed by atoms with E-state index in [0.717, 1.165) is 41.6 Å². The average Bonchev–Trinajstić information content (AvgIpc) is 2.77. The number of nitrogens with one attached hydrogen (secondary N) is 1. The summed E-state index contributed by atoms with van der Waals surface area (Å²) in [4.78, 5) is 19.4. The Hall–Kier alpha value is -1.61. The number of aromatic nitrogens is 2. The van der Waals surface area contributed by atoms with Gasteiger partial charge in [-0.3, -0.25) is 4.79 Å². The van der Waals surface area contributed by atoms with Gasteiger partial charge in [0.2, 0.25) is 0 Å². The monoisotopic (exact) mass is 260 g/mol. The Morgan fingerprint density at radius 2 is 2.17 bits per heavy atom. The summed E-state index contributed by atoms with van der Waals surface area (Å²) in [5.74, 6) is 0.648. The zero-order valence-electron chi connectivity index (χ0n) is 10.1. The smallest absolute Gasteiger partial charge is 0.254 e. The number of nitrogens with zero attached hydrogens (tertiary/aromatic N) is 1. The van der Waals surface area contributed by atoms with Crippen LogP contribution in [0.3, 0.4) is 0 Å². The fourth-order valence-corrected chi connectivity index (χ4v) is 2.69. The predicted molar refractivity (Wildman–Crippen MR) is 72.1 cm³/mol. The molecule has 1 aliphatic rings. The Morgan fingerprint density at radius 3 is 2.94 bits per heavy atom. The highest BCUT2D eigenvalue weighted by Gasteiger charge is 2.18. The Balaban J connectivity index is 2.18. The normalized spacial score (nSPS) is 13.7. The Kier molecular flexibility index (Phi) is 2.71. The van der Waals surface area contributed by atoms with Crippen molar-refractivity contribution in [3.05, 3.63) is 50.4 Å². The molecule has 0 saturated heterocycles. The first-order chi connectivity index (χ1) is 8.65. The van der Waals surface area contributed by atoms with Crippen LogP contribution in [0.2, 0.25) is 5.02 Å². The van der Waals surface area contributed by atoms with Gasteiger partial charge in [-0.2, -0.15) is 0 Å². The largest absolute Gasteiger partial charge is 0.306 e. The molecule has 0 saturated carbocycles. The molecular weight excluding hydrogens is 248 g/mol. The molecule has 0 atom stereocenters. The van der Waals surface area contributed by atoms with E-state index in [4.69, 9.17) is 11.6 Å². The van der Waals surface area contributed by atoms with Crippen molar-refractivity contribution in [3.8, 4) is 11.4 Å². The van der Waals surface area contributed by atoms with Crippen LogP contribution in [0.1, 0.15) is 23.2 Å². The maximum absolute atomic E-state index is 12.0. The van der Waals surface area contributed by atoms with E-state index in [1.165, 1.54) is 0 Å². The summed E-state index contributed by atoms with van der Waals surface area (Å²) in [7, 11) is 0. The number of fused-ring (bicyclic) bond motifs is 1. The molecule has 0 unspecified atom stereocenters. The molecule has 0 aliphatic heterocycles. The van der Waals surface area contributed by atoms with Gasteiger partial charge in [-0.05, 0) is 49.9 Å². The van der Waals surface area contributed by atoms with E-state index in [1.54, 1.807) is 0 Å². The zero-order chi connectivity index (χ0) is 12.7. The van der Waals surface area contributed by atoms with Crippen molar-refractivity contribution in [1.29, 1.82) is 0 Å². The lowest BCUT2D eigenvalue weighted by molar-refractivity contribution is 0.899. The first-order valence-electron chi connectivity index (χ1n) is 6.04. The van der Waals surface area contributed by atoms with E-state index in [1.807, 2.05) is 25.1 Å². The van der Waals surface area contributed by atoms with Crippen LogP contribution >= 0.6 is 11.6 Å². The molecule has 3 rings (SSSR count). The van der Waals surface area contributed by atoms with Crippen molar-refractivity contribution in [2.24, 2.45) is 0 Å². The molecular formula is C14H13ClN2O. The van der Waals surface area contributed by atoms with Crippen molar-refractivity contribution in [2.75, 3.05) is 0 Å². The van der Waals surface area contributed by atoms with Gasteiger partial charge in [-0.15, -0.1) is 0 Å². The Bertz CT molecular complexity index is 676. The van der Waals surface area contributed by atoms with Gasteiger partial charge in [-0.25, -0.2) is 4.98 Å². The topological polar surface area (TPSA) is 45.8 Å². The van der Waals surface area contributed by atoms with Crippen LogP contribution in [0.15, 0.2) is 23.0 Å². The molecule has 1 N–H and O–H groups in total. The van der Waals surface area contributed by atoms with E-state index < -0.39 is 0 Å². The van der Waals surface area contributed by atoms with Crippen molar-refractivity contribution in [3.63, 3.8) is 0 Å². The third kappa shape index (κ3) is 1.85. The van der Waals surface area contributed by atoms with Gasteiger partial charge in [0.1, 0.15) is 5.82 Å². The predicted octanol–water partition coefficient (Wildman–Crippen LogP) is 2.89. The molecule has 1 heterocycles. The maximum Gasteiger partial charge on any atom is 0.254 e. The third-order valence-electron chi connectivity index (χ3n) is 3.39. The van der Waals surface area contributed by atoms with Crippen LogP contribution in [0, 0.1) is 6.92 Å². The number of rotatable bonds is 1. The van der Waals surface area contributed by atoms with Crippen LogP contribution in [0.4, 0.5) is 0 Å². The second-order valence-corrected chi connectivity index (χ2v) is 5.09. The van der Waals surface area contributed by atoms with Gasteiger partial charge in [0.25, 0.3) is 5.56 Å². The number of hydrogen-bond acceptors (Lipinski definition) is 2. The van der Waals surface area contributed by atoms with Crippen LogP contribution in [-0.4, -0.2) is 9.97 Å². The summed E-state index contributed by atoms with van der Waals surface area (Å²) < 4.78 is 0. The molecule has 2 aromatic rings. The van der Waals surface area contributed by atoms with Gasteiger partial charge < -0.3 is 4.98 Å². The van der Waals surface area contributed by atoms with Gasteiger partial charge in [-0.1, -0.05) is 11.6 Å². The van der Waals surface area contributed by atoms with Crippen LogP contribution in [-0.2, 0) is 12.8 Å². The minimum absolute atomic E-state index is 0.00171. The highest BCUT2D eigenvalue weighted by molar-refractivity contribution is 6.30. The molecule has 3 nitrogen and oxygen atoms in total. The van der Waals surface area contributed by atoms with E-state index in [9.17, 15) is 4.79 Å². The lowest BCUT2D eigenvalue weighted by Crippen LogP contribution is -2.15. The lowest BCUT2D eigenvalue weighted by atomic mass is 10.1. The summed E-state index contributed by atoms with van der Waals surface area (Å²) in [5.41, 5.74) is 3.75. The van der Waals surface area contributed by atoms with Crippen LogP contribution < -0.4 is 5.56 Å². The Morgan fingerprint density at radius 1 is 1.33 bits per heavy atom. The summed E-state index contributed by atoms with van der Waals surface area (Å²) in [6, 6.07) is 5.60. The molecule has 18 heavy (non-hydrogen) atoms.